The lowest BCUT2D eigenvalue weighted by Gasteiger charge is -2.37. The zero-order valence-corrected chi connectivity index (χ0v) is 18.0. The Morgan fingerprint density at radius 2 is 2.12 bits per heavy atom. The molecule has 0 aromatic heterocycles. The van der Waals surface area contributed by atoms with Crippen molar-refractivity contribution in [3.63, 3.8) is 0 Å². The molecule has 2 rings (SSSR count). The second-order valence-electron chi connectivity index (χ2n) is 6.31. The number of nitrogens with zero attached hydrogens (tertiary/aromatic N) is 3. The van der Waals surface area contributed by atoms with E-state index in [9.17, 15) is 4.39 Å². The second-order valence-corrected chi connectivity index (χ2v) is 7.41. The Hall–Kier alpha value is -0.540. The summed E-state index contributed by atoms with van der Waals surface area (Å²) in [5, 5.41) is 3.50. The Bertz CT molecular complexity index is 547. The highest BCUT2D eigenvalue weighted by Gasteiger charge is 2.36. The highest BCUT2D eigenvalue weighted by molar-refractivity contribution is 14.0. The van der Waals surface area contributed by atoms with Crippen LogP contribution in [0.1, 0.15) is 12.0 Å². The van der Waals surface area contributed by atoms with Crippen molar-refractivity contribution in [1.29, 1.82) is 0 Å². The van der Waals surface area contributed by atoms with E-state index < -0.39 is 0 Å². The van der Waals surface area contributed by atoms with Crippen LogP contribution in [0.4, 0.5) is 4.39 Å². The third kappa shape index (κ3) is 5.49. The number of hydrogen-bond acceptors (Lipinski definition) is 3. The number of nitrogens with one attached hydrogen (secondary N) is 1. The molecule has 24 heavy (non-hydrogen) atoms. The van der Waals surface area contributed by atoms with Crippen molar-refractivity contribution in [2.45, 2.75) is 18.5 Å². The average molecular weight is 466 g/mol. The molecule has 1 N–H and O–H groups in total. The van der Waals surface area contributed by atoms with E-state index in [0.717, 1.165) is 23.8 Å². The van der Waals surface area contributed by atoms with Crippen LogP contribution in [0.3, 0.4) is 0 Å². The first kappa shape index (κ1) is 21.5. The van der Waals surface area contributed by atoms with Gasteiger partial charge in [-0.25, -0.2) is 4.39 Å². The van der Waals surface area contributed by atoms with E-state index in [-0.39, 0.29) is 35.3 Å². The second kappa shape index (κ2) is 9.82. The summed E-state index contributed by atoms with van der Waals surface area (Å²) < 4.78 is 13.3. The molecular formula is C17H28FIN4S. The lowest BCUT2D eigenvalue weighted by atomic mass is 9.97. The predicted octanol–water partition coefficient (Wildman–Crippen LogP) is 2.89. The molecule has 0 spiro atoms. The van der Waals surface area contributed by atoms with Crippen molar-refractivity contribution in [2.24, 2.45) is 4.99 Å². The van der Waals surface area contributed by atoms with E-state index in [1.807, 2.05) is 29.8 Å². The van der Waals surface area contributed by atoms with Crippen molar-refractivity contribution in [3.05, 3.63) is 35.6 Å². The summed E-state index contributed by atoms with van der Waals surface area (Å²) in [6, 6.07) is 6.71. The predicted molar refractivity (Wildman–Crippen MR) is 113 cm³/mol. The van der Waals surface area contributed by atoms with Gasteiger partial charge in [-0.1, -0.05) is 12.1 Å². The first-order valence-corrected chi connectivity index (χ1v) is 9.04. The van der Waals surface area contributed by atoms with Gasteiger partial charge in [-0.15, -0.1) is 24.0 Å². The summed E-state index contributed by atoms with van der Waals surface area (Å²) in [6.45, 7) is 1.49. The van der Waals surface area contributed by atoms with Gasteiger partial charge in [0.25, 0.3) is 0 Å². The van der Waals surface area contributed by atoms with Crippen LogP contribution in [0.2, 0.25) is 0 Å². The Morgan fingerprint density at radius 3 is 2.67 bits per heavy atom. The number of benzene rings is 1. The number of hydrogen-bond donors (Lipinski definition) is 1. The van der Waals surface area contributed by atoms with E-state index in [2.05, 4.69) is 29.3 Å². The molecule has 1 aliphatic rings. The molecule has 1 aromatic carbocycles. The van der Waals surface area contributed by atoms with Crippen molar-refractivity contribution >= 4 is 41.7 Å². The van der Waals surface area contributed by atoms with E-state index in [4.69, 9.17) is 0 Å². The Morgan fingerprint density at radius 1 is 1.38 bits per heavy atom. The first-order chi connectivity index (χ1) is 11.0. The molecule has 0 bridgehead atoms. The zero-order chi connectivity index (χ0) is 16.9. The largest absolute Gasteiger partial charge is 0.354 e. The summed E-state index contributed by atoms with van der Waals surface area (Å²) in [5.74, 6) is 2.98. The first-order valence-electron chi connectivity index (χ1n) is 7.88. The topological polar surface area (TPSA) is 30.9 Å². The quantitative estimate of drug-likeness (QED) is 0.411. The fraction of sp³-hybridized carbons (Fsp3) is 0.588. The van der Waals surface area contributed by atoms with Crippen LogP contribution in [-0.4, -0.2) is 67.5 Å². The van der Waals surface area contributed by atoms with Gasteiger partial charge in [0.1, 0.15) is 5.82 Å². The molecule has 0 aliphatic carbocycles. The minimum absolute atomic E-state index is 0. The highest BCUT2D eigenvalue weighted by atomic mass is 127. The van der Waals surface area contributed by atoms with E-state index >= 15 is 0 Å². The van der Waals surface area contributed by atoms with E-state index in [0.29, 0.717) is 6.54 Å². The van der Waals surface area contributed by atoms with E-state index in [1.165, 1.54) is 18.2 Å². The maximum absolute atomic E-state index is 13.3. The third-order valence-corrected chi connectivity index (χ3v) is 5.72. The Kier molecular flexibility index (Phi) is 8.80. The van der Waals surface area contributed by atoms with Gasteiger partial charge >= 0.3 is 0 Å². The van der Waals surface area contributed by atoms with Gasteiger partial charge in [0.15, 0.2) is 5.96 Å². The molecule has 1 heterocycles. The zero-order valence-electron chi connectivity index (χ0n) is 14.9. The Balaban J connectivity index is 0.00000288. The smallest absolute Gasteiger partial charge is 0.193 e. The van der Waals surface area contributed by atoms with Gasteiger partial charge < -0.3 is 15.1 Å². The van der Waals surface area contributed by atoms with Gasteiger partial charge in [-0.05, 0) is 44.0 Å². The van der Waals surface area contributed by atoms with Crippen molar-refractivity contribution in [1.82, 2.24) is 15.1 Å². The van der Waals surface area contributed by atoms with Gasteiger partial charge in [0.2, 0.25) is 0 Å². The van der Waals surface area contributed by atoms with Crippen molar-refractivity contribution in [2.75, 3.05) is 46.2 Å². The fourth-order valence-corrected chi connectivity index (χ4v) is 4.41. The molecule has 1 aromatic rings. The summed E-state index contributed by atoms with van der Waals surface area (Å²) in [7, 11) is 8.06. The van der Waals surface area contributed by atoms with Gasteiger partial charge in [0, 0.05) is 38.5 Å². The lowest BCUT2D eigenvalue weighted by molar-refractivity contribution is 0.181. The molecule has 136 valence electrons. The molecule has 0 amide bonds. The van der Waals surface area contributed by atoms with Crippen LogP contribution in [0.25, 0.3) is 0 Å². The highest BCUT2D eigenvalue weighted by Crippen LogP contribution is 2.31. The monoisotopic (exact) mass is 466 g/mol. The SMILES string of the molecule is CN=C(NCC1(N(C)C)CCSC1)N(C)Cc1cccc(F)c1.I. The number of guanidine groups is 1. The molecule has 1 aliphatic heterocycles. The molecule has 1 atom stereocenters. The maximum Gasteiger partial charge on any atom is 0.193 e. The van der Waals surface area contributed by atoms with Crippen LogP contribution in [0.15, 0.2) is 29.3 Å². The maximum atomic E-state index is 13.3. The molecule has 4 nitrogen and oxygen atoms in total. The summed E-state index contributed by atoms with van der Waals surface area (Å²) in [4.78, 5) is 8.72. The summed E-state index contributed by atoms with van der Waals surface area (Å²) in [5.41, 5.74) is 1.12. The van der Waals surface area contributed by atoms with Gasteiger partial charge in [-0.3, -0.25) is 4.99 Å². The molecule has 1 saturated heterocycles. The number of aliphatic imine (C=N–C) groups is 1. The minimum Gasteiger partial charge on any atom is -0.354 e. The average Bonchev–Trinajstić information content (AvgIpc) is 2.98. The van der Waals surface area contributed by atoms with Gasteiger partial charge in [0.05, 0.1) is 0 Å². The van der Waals surface area contributed by atoms with Gasteiger partial charge in [-0.2, -0.15) is 11.8 Å². The Labute approximate surface area is 166 Å². The van der Waals surface area contributed by atoms with Crippen molar-refractivity contribution < 1.29 is 4.39 Å². The number of rotatable bonds is 5. The minimum atomic E-state index is -0.201. The summed E-state index contributed by atoms with van der Waals surface area (Å²) in [6.07, 6.45) is 1.18. The van der Waals surface area contributed by atoms with Crippen LogP contribution < -0.4 is 5.32 Å². The number of halogens is 2. The molecular weight excluding hydrogens is 438 g/mol. The van der Waals surface area contributed by atoms with E-state index in [1.54, 1.807) is 19.2 Å². The molecule has 7 heteroatoms. The van der Waals surface area contributed by atoms with Crippen LogP contribution in [-0.2, 0) is 6.54 Å². The molecule has 1 fully saturated rings. The molecule has 1 unspecified atom stereocenters. The van der Waals surface area contributed by atoms with Crippen LogP contribution in [0.5, 0.6) is 0 Å². The van der Waals surface area contributed by atoms with Crippen LogP contribution in [0, 0.1) is 5.82 Å². The molecule has 0 saturated carbocycles. The normalized spacial score (nSPS) is 20.8. The standard InChI is InChI=1S/C17H27FN4S.HI/c1-19-16(20-12-17(21(2)3)8-9-23-13-17)22(4)11-14-6-5-7-15(18)10-14;/h5-7,10H,8-9,11-13H2,1-4H3,(H,19,20);1H. The summed E-state index contributed by atoms with van der Waals surface area (Å²) >= 11 is 2.00. The number of likely N-dealkylation sites (N-methyl/N-ethyl adjacent to an activating group) is 1. The molecule has 0 radical (unpaired) electrons. The lowest BCUT2D eigenvalue weighted by Crippen LogP contribution is -2.54. The third-order valence-electron chi connectivity index (χ3n) is 4.49. The van der Waals surface area contributed by atoms with Crippen molar-refractivity contribution in [3.8, 4) is 0 Å². The number of thioether (sulfide) groups is 1. The van der Waals surface area contributed by atoms with Crippen LogP contribution >= 0.6 is 35.7 Å². The fourth-order valence-electron chi connectivity index (χ4n) is 2.86.